The topological polar surface area (TPSA) is 59.8 Å². The summed E-state index contributed by atoms with van der Waals surface area (Å²) in [7, 11) is 2.00. The van der Waals surface area contributed by atoms with Crippen molar-refractivity contribution in [3.63, 3.8) is 0 Å². The van der Waals surface area contributed by atoms with Gasteiger partial charge in [0.25, 0.3) is 0 Å². The lowest BCUT2D eigenvalue weighted by Crippen LogP contribution is -2.14. The van der Waals surface area contributed by atoms with Gasteiger partial charge in [0.2, 0.25) is 5.91 Å². The second kappa shape index (κ2) is 9.21. The predicted octanol–water partition coefficient (Wildman–Crippen LogP) is 4.37. The molecule has 1 saturated carbocycles. The predicted molar refractivity (Wildman–Crippen MR) is 106 cm³/mol. The second-order valence-corrected chi connectivity index (χ2v) is 8.15. The first kappa shape index (κ1) is 19.0. The molecular formula is C20H28N4OS. The van der Waals surface area contributed by atoms with Gasteiger partial charge in [-0.15, -0.1) is 10.2 Å². The van der Waals surface area contributed by atoms with E-state index in [0.717, 1.165) is 34.6 Å². The van der Waals surface area contributed by atoms with Gasteiger partial charge >= 0.3 is 0 Å². The third-order valence-corrected chi connectivity index (χ3v) is 6.08. The summed E-state index contributed by atoms with van der Waals surface area (Å²) < 4.78 is 2.04. The van der Waals surface area contributed by atoms with Crippen molar-refractivity contribution >= 4 is 23.4 Å². The average molecular weight is 373 g/mol. The smallest absolute Gasteiger partial charge is 0.234 e. The van der Waals surface area contributed by atoms with E-state index in [2.05, 4.69) is 15.5 Å². The Morgan fingerprint density at radius 2 is 2.08 bits per heavy atom. The highest BCUT2D eigenvalue weighted by Crippen LogP contribution is 2.27. The quantitative estimate of drug-likeness (QED) is 0.733. The van der Waals surface area contributed by atoms with Crippen LogP contribution in [0, 0.1) is 12.8 Å². The van der Waals surface area contributed by atoms with Gasteiger partial charge in [0.15, 0.2) is 5.16 Å². The molecule has 1 aromatic carbocycles. The molecule has 1 aliphatic rings. The van der Waals surface area contributed by atoms with Crippen LogP contribution in [0.4, 0.5) is 5.69 Å². The fourth-order valence-corrected chi connectivity index (χ4v) is 4.28. The Bertz CT molecular complexity index is 737. The molecule has 1 aromatic heterocycles. The van der Waals surface area contributed by atoms with E-state index >= 15 is 0 Å². The van der Waals surface area contributed by atoms with E-state index in [1.54, 1.807) is 0 Å². The van der Waals surface area contributed by atoms with E-state index < -0.39 is 0 Å². The van der Waals surface area contributed by atoms with E-state index in [-0.39, 0.29) is 5.91 Å². The number of aromatic nitrogens is 3. The molecule has 1 fully saturated rings. The van der Waals surface area contributed by atoms with Crippen LogP contribution in [-0.2, 0) is 18.3 Å². The zero-order valence-corrected chi connectivity index (χ0v) is 16.5. The number of benzene rings is 1. The van der Waals surface area contributed by atoms with Crippen LogP contribution in [0.25, 0.3) is 0 Å². The standard InChI is InChI=1S/C20H28N4OS/c1-15-7-6-10-17(13-15)21-19(25)14-26-20-23-22-18(24(20)2)12-11-16-8-4-3-5-9-16/h6-7,10,13,16H,3-5,8-9,11-12,14H2,1-2H3,(H,21,25). The normalized spacial score (nSPS) is 15.2. The van der Waals surface area contributed by atoms with Gasteiger partial charge < -0.3 is 9.88 Å². The molecule has 1 heterocycles. The van der Waals surface area contributed by atoms with Crippen LogP contribution in [0.3, 0.4) is 0 Å². The molecule has 1 aliphatic carbocycles. The molecule has 3 rings (SSSR count). The molecule has 0 aliphatic heterocycles. The molecule has 0 saturated heterocycles. The first-order valence-electron chi connectivity index (χ1n) is 9.49. The van der Waals surface area contributed by atoms with Crippen LogP contribution in [0.1, 0.15) is 49.9 Å². The molecule has 26 heavy (non-hydrogen) atoms. The first-order valence-corrected chi connectivity index (χ1v) is 10.5. The number of carbonyl (C=O) groups excluding carboxylic acids is 1. The van der Waals surface area contributed by atoms with Gasteiger partial charge in [-0.3, -0.25) is 4.79 Å². The monoisotopic (exact) mass is 372 g/mol. The van der Waals surface area contributed by atoms with Crippen LogP contribution in [-0.4, -0.2) is 26.4 Å². The highest BCUT2D eigenvalue weighted by Gasteiger charge is 2.16. The summed E-state index contributed by atoms with van der Waals surface area (Å²) in [4.78, 5) is 12.2. The molecule has 5 nitrogen and oxygen atoms in total. The third-order valence-electron chi connectivity index (χ3n) is 5.06. The van der Waals surface area contributed by atoms with Crippen molar-refractivity contribution in [1.82, 2.24) is 14.8 Å². The van der Waals surface area contributed by atoms with Crippen LogP contribution >= 0.6 is 11.8 Å². The van der Waals surface area contributed by atoms with Gasteiger partial charge in [-0.2, -0.15) is 0 Å². The number of nitrogens with one attached hydrogen (secondary N) is 1. The molecule has 0 atom stereocenters. The summed E-state index contributed by atoms with van der Waals surface area (Å²) in [6, 6.07) is 7.83. The Hall–Kier alpha value is -1.82. The van der Waals surface area contributed by atoms with E-state index in [9.17, 15) is 4.79 Å². The van der Waals surface area contributed by atoms with E-state index in [1.807, 2.05) is 42.8 Å². The minimum atomic E-state index is -0.0210. The molecule has 140 valence electrons. The zero-order chi connectivity index (χ0) is 18.4. The fourth-order valence-electron chi connectivity index (χ4n) is 3.55. The highest BCUT2D eigenvalue weighted by molar-refractivity contribution is 7.99. The van der Waals surface area contributed by atoms with Crippen LogP contribution < -0.4 is 5.32 Å². The number of aryl methyl sites for hydroxylation is 2. The number of hydrogen-bond acceptors (Lipinski definition) is 4. The van der Waals surface area contributed by atoms with E-state index in [1.165, 1.54) is 50.3 Å². The van der Waals surface area contributed by atoms with E-state index in [0.29, 0.717) is 5.75 Å². The Morgan fingerprint density at radius 3 is 2.85 bits per heavy atom. The number of thioether (sulfide) groups is 1. The second-order valence-electron chi connectivity index (χ2n) is 7.21. The average Bonchev–Trinajstić information content (AvgIpc) is 2.99. The van der Waals surface area contributed by atoms with Crippen molar-refractivity contribution in [3.05, 3.63) is 35.7 Å². The molecule has 0 bridgehead atoms. The Kier molecular flexibility index (Phi) is 6.72. The lowest BCUT2D eigenvalue weighted by Gasteiger charge is -2.20. The molecule has 0 radical (unpaired) electrons. The van der Waals surface area contributed by atoms with Crippen LogP contribution in [0.5, 0.6) is 0 Å². The summed E-state index contributed by atoms with van der Waals surface area (Å²) in [6.07, 6.45) is 9.04. The number of hydrogen-bond donors (Lipinski definition) is 1. The minimum absolute atomic E-state index is 0.0210. The zero-order valence-electron chi connectivity index (χ0n) is 15.7. The van der Waals surface area contributed by atoms with Crippen LogP contribution in [0.15, 0.2) is 29.4 Å². The largest absolute Gasteiger partial charge is 0.325 e. The summed E-state index contributed by atoms with van der Waals surface area (Å²) >= 11 is 1.44. The molecule has 6 heteroatoms. The van der Waals surface area contributed by atoms with Crippen molar-refractivity contribution in [3.8, 4) is 0 Å². The molecule has 0 unspecified atom stereocenters. The van der Waals surface area contributed by atoms with Crippen molar-refractivity contribution in [2.45, 2.75) is 57.0 Å². The lowest BCUT2D eigenvalue weighted by atomic mass is 9.86. The lowest BCUT2D eigenvalue weighted by molar-refractivity contribution is -0.113. The number of amides is 1. The highest BCUT2D eigenvalue weighted by atomic mass is 32.2. The van der Waals surface area contributed by atoms with Crippen LogP contribution in [0.2, 0.25) is 0 Å². The van der Waals surface area contributed by atoms with Crippen molar-refractivity contribution in [2.75, 3.05) is 11.1 Å². The van der Waals surface area contributed by atoms with Gasteiger partial charge in [0.1, 0.15) is 5.82 Å². The number of rotatable bonds is 7. The van der Waals surface area contributed by atoms with Gasteiger partial charge in [-0.25, -0.2) is 0 Å². The third kappa shape index (κ3) is 5.34. The first-order chi connectivity index (χ1) is 12.6. The summed E-state index contributed by atoms with van der Waals surface area (Å²) in [5, 5.41) is 12.3. The van der Waals surface area contributed by atoms with Gasteiger partial charge in [0, 0.05) is 19.2 Å². The maximum atomic E-state index is 12.2. The molecule has 0 spiro atoms. The van der Waals surface area contributed by atoms with Crippen molar-refractivity contribution in [1.29, 1.82) is 0 Å². The van der Waals surface area contributed by atoms with Crippen molar-refractivity contribution in [2.24, 2.45) is 13.0 Å². The Labute approximate surface area is 160 Å². The van der Waals surface area contributed by atoms with Crippen molar-refractivity contribution < 1.29 is 4.79 Å². The van der Waals surface area contributed by atoms with E-state index in [4.69, 9.17) is 0 Å². The molecule has 1 amide bonds. The van der Waals surface area contributed by atoms with Gasteiger partial charge in [-0.05, 0) is 37.0 Å². The Morgan fingerprint density at radius 1 is 1.27 bits per heavy atom. The Balaban J connectivity index is 1.47. The molecule has 1 N–H and O–H groups in total. The maximum absolute atomic E-state index is 12.2. The number of nitrogens with zero attached hydrogens (tertiary/aromatic N) is 3. The number of anilines is 1. The minimum Gasteiger partial charge on any atom is -0.325 e. The maximum Gasteiger partial charge on any atom is 0.234 e. The fraction of sp³-hybridized carbons (Fsp3) is 0.550. The molecule has 2 aromatic rings. The summed E-state index contributed by atoms with van der Waals surface area (Å²) in [5.41, 5.74) is 1.97. The SMILES string of the molecule is Cc1cccc(NC(=O)CSc2nnc(CCC3CCCCC3)n2C)c1. The summed E-state index contributed by atoms with van der Waals surface area (Å²) in [6.45, 7) is 2.01. The molecular weight excluding hydrogens is 344 g/mol. The number of carbonyl (C=O) groups is 1. The van der Waals surface area contributed by atoms with Gasteiger partial charge in [-0.1, -0.05) is 56.0 Å². The summed E-state index contributed by atoms with van der Waals surface area (Å²) in [5.74, 6) is 2.18. The van der Waals surface area contributed by atoms with Gasteiger partial charge in [0.05, 0.1) is 5.75 Å².